The lowest BCUT2D eigenvalue weighted by atomic mass is 10.1. The third kappa shape index (κ3) is 6.37. The van der Waals surface area contributed by atoms with Crippen LogP contribution in [0.25, 0.3) is 10.2 Å². The summed E-state index contributed by atoms with van der Waals surface area (Å²) >= 11 is 1.58. The van der Waals surface area contributed by atoms with Gasteiger partial charge in [0.25, 0.3) is 15.9 Å². The summed E-state index contributed by atoms with van der Waals surface area (Å²) in [6.07, 6.45) is 0. The van der Waals surface area contributed by atoms with Crippen molar-refractivity contribution in [1.82, 2.24) is 15.2 Å². The average Bonchev–Trinajstić information content (AvgIpc) is 3.43. The maximum absolute atomic E-state index is 13.2. The minimum absolute atomic E-state index is 0.0997. The van der Waals surface area contributed by atoms with E-state index >= 15 is 0 Å². The van der Waals surface area contributed by atoms with Gasteiger partial charge in [-0.3, -0.25) is 14.4 Å². The maximum atomic E-state index is 13.2. The number of carbonyl (C=O) groups excluding carboxylic acids is 1. The molecule has 5 rings (SSSR count). The number of piperazine rings is 1. The number of rotatable bonds is 10. The maximum Gasteiger partial charge on any atom is 0.261 e. The molecule has 0 radical (unpaired) electrons. The summed E-state index contributed by atoms with van der Waals surface area (Å²) in [5.41, 5.74) is 1.13. The molecule has 216 valence electrons. The van der Waals surface area contributed by atoms with Crippen LogP contribution in [0.4, 0.5) is 15.2 Å². The highest BCUT2D eigenvalue weighted by atomic mass is 32.2. The minimum atomic E-state index is -4.00. The predicted molar refractivity (Wildman–Crippen MR) is 157 cm³/mol. The third-order valence-corrected chi connectivity index (χ3v) is 9.31. The smallest absolute Gasteiger partial charge is 0.261 e. The number of hydrogen-bond acceptors (Lipinski definition) is 9. The zero-order valence-electron chi connectivity index (χ0n) is 22.6. The van der Waals surface area contributed by atoms with E-state index < -0.39 is 21.7 Å². The number of halogens is 1. The van der Waals surface area contributed by atoms with Gasteiger partial charge in [0.2, 0.25) is 0 Å². The Morgan fingerprint density at radius 2 is 1.66 bits per heavy atom. The summed E-state index contributed by atoms with van der Waals surface area (Å²) < 4.78 is 53.1. The lowest BCUT2D eigenvalue weighted by Gasteiger charge is -2.34. The second kappa shape index (κ2) is 12.3. The van der Waals surface area contributed by atoms with Crippen LogP contribution in [0.2, 0.25) is 0 Å². The van der Waals surface area contributed by atoms with Crippen LogP contribution in [-0.4, -0.2) is 77.7 Å². The van der Waals surface area contributed by atoms with E-state index in [1.807, 2.05) is 12.1 Å². The molecule has 0 atom stereocenters. The second-order valence-corrected chi connectivity index (χ2v) is 12.0. The van der Waals surface area contributed by atoms with Gasteiger partial charge < -0.3 is 19.7 Å². The van der Waals surface area contributed by atoms with Crippen LogP contribution in [0.15, 0.2) is 65.6 Å². The fraction of sp³-hybridized carbons (Fsp3) is 0.286. The molecule has 1 fully saturated rings. The summed E-state index contributed by atoms with van der Waals surface area (Å²) in [5.74, 6) is 0.549. The quantitative estimate of drug-likeness (QED) is 0.283. The van der Waals surface area contributed by atoms with Crippen LogP contribution in [0, 0.1) is 5.82 Å². The van der Waals surface area contributed by atoms with Crippen LogP contribution in [0.3, 0.4) is 0 Å². The first-order valence-electron chi connectivity index (χ1n) is 12.9. The van der Waals surface area contributed by atoms with Gasteiger partial charge in [-0.1, -0.05) is 23.5 Å². The van der Waals surface area contributed by atoms with Gasteiger partial charge in [0, 0.05) is 39.3 Å². The van der Waals surface area contributed by atoms with Crippen LogP contribution >= 0.6 is 11.3 Å². The predicted octanol–water partition coefficient (Wildman–Crippen LogP) is 3.81. The first-order chi connectivity index (χ1) is 19.8. The highest BCUT2D eigenvalue weighted by Crippen LogP contribution is 2.40. The molecule has 10 nitrogen and oxygen atoms in total. The molecule has 4 aromatic rings. The molecular formula is C28H30FN5O5S2. The number of anilines is 2. The van der Waals surface area contributed by atoms with E-state index in [9.17, 15) is 17.6 Å². The van der Waals surface area contributed by atoms with Crippen LogP contribution in [0.1, 0.15) is 10.4 Å². The van der Waals surface area contributed by atoms with Gasteiger partial charge in [0.1, 0.15) is 27.5 Å². The van der Waals surface area contributed by atoms with Crippen molar-refractivity contribution in [2.24, 2.45) is 0 Å². The molecule has 0 saturated carbocycles. The molecule has 1 aliphatic heterocycles. The molecule has 2 N–H and O–H groups in total. The van der Waals surface area contributed by atoms with E-state index in [2.05, 4.69) is 19.8 Å². The summed E-state index contributed by atoms with van der Waals surface area (Å²) in [6.45, 7) is 4.21. The lowest BCUT2D eigenvalue weighted by molar-refractivity contribution is 0.0948. The van der Waals surface area contributed by atoms with Crippen molar-refractivity contribution >= 4 is 48.3 Å². The first-order valence-corrected chi connectivity index (χ1v) is 15.2. The normalized spacial score (nSPS) is 14.2. The van der Waals surface area contributed by atoms with Crippen molar-refractivity contribution in [3.05, 3.63) is 72.0 Å². The van der Waals surface area contributed by atoms with Crippen LogP contribution < -0.4 is 24.4 Å². The monoisotopic (exact) mass is 599 g/mol. The van der Waals surface area contributed by atoms with Crippen LogP contribution in [0.5, 0.6) is 11.5 Å². The highest BCUT2D eigenvalue weighted by molar-refractivity contribution is 7.92. The second-order valence-electron chi connectivity index (χ2n) is 9.33. The van der Waals surface area contributed by atoms with Gasteiger partial charge in [-0.15, -0.1) is 0 Å². The van der Waals surface area contributed by atoms with Crippen molar-refractivity contribution in [2.75, 3.05) is 63.1 Å². The fourth-order valence-corrected chi connectivity index (χ4v) is 6.79. The van der Waals surface area contributed by atoms with E-state index in [0.717, 1.165) is 59.4 Å². The summed E-state index contributed by atoms with van der Waals surface area (Å²) in [6, 6.07) is 14.6. The number of aromatic nitrogens is 1. The number of nitrogens with one attached hydrogen (secondary N) is 2. The number of ether oxygens (including phenoxy) is 2. The SMILES string of the molecule is COc1ccc(OC)c2sc(N3CCN(CCNC(=O)c4ccccc4NS(=O)(=O)c4ccc(F)cc4)CC3)nc12. The molecule has 1 aliphatic rings. The number of nitrogens with zero attached hydrogens (tertiary/aromatic N) is 3. The molecule has 0 aliphatic carbocycles. The number of fused-ring (bicyclic) bond motifs is 1. The number of thiazole rings is 1. The molecule has 1 saturated heterocycles. The number of methoxy groups -OCH3 is 2. The number of carbonyl (C=O) groups is 1. The molecule has 3 aromatic carbocycles. The van der Waals surface area contributed by atoms with Crippen molar-refractivity contribution < 1.29 is 27.1 Å². The molecule has 1 amide bonds. The standard InChI is InChI=1S/C28H30FN5O5S2/c1-38-23-11-12-24(39-2)26-25(23)31-28(40-26)34-17-15-33(16-18-34)14-13-30-27(35)21-5-3-4-6-22(21)32-41(36,37)20-9-7-19(29)8-10-20/h3-12,32H,13-18H2,1-2H3,(H,30,35). The Labute approximate surface area is 241 Å². The van der Waals surface area contributed by atoms with E-state index in [0.29, 0.717) is 18.8 Å². The molecule has 0 bridgehead atoms. The zero-order valence-corrected chi connectivity index (χ0v) is 24.2. The Morgan fingerprint density at radius 1 is 0.976 bits per heavy atom. The van der Waals surface area contributed by atoms with Gasteiger partial charge in [-0.05, 0) is 48.5 Å². The minimum Gasteiger partial charge on any atom is -0.495 e. The number of para-hydroxylation sites is 1. The molecule has 1 aromatic heterocycles. The zero-order chi connectivity index (χ0) is 29.0. The van der Waals surface area contributed by atoms with Crippen molar-refractivity contribution in [3.8, 4) is 11.5 Å². The Hall–Kier alpha value is -3.94. The van der Waals surface area contributed by atoms with E-state index in [-0.39, 0.29) is 16.1 Å². The van der Waals surface area contributed by atoms with E-state index in [1.165, 1.54) is 18.2 Å². The summed E-state index contributed by atoms with van der Waals surface area (Å²) in [4.78, 5) is 22.2. The molecule has 13 heteroatoms. The Kier molecular flexibility index (Phi) is 8.57. The van der Waals surface area contributed by atoms with E-state index in [1.54, 1.807) is 43.8 Å². The molecule has 0 spiro atoms. The number of hydrogen-bond donors (Lipinski definition) is 2. The first kappa shape index (κ1) is 28.6. The lowest BCUT2D eigenvalue weighted by Crippen LogP contribution is -2.48. The molecule has 2 heterocycles. The Balaban J connectivity index is 1.15. The van der Waals surface area contributed by atoms with Crippen molar-refractivity contribution in [3.63, 3.8) is 0 Å². The van der Waals surface area contributed by atoms with Crippen molar-refractivity contribution in [1.29, 1.82) is 0 Å². The fourth-order valence-electron chi connectivity index (χ4n) is 4.58. The van der Waals surface area contributed by atoms with E-state index in [4.69, 9.17) is 14.5 Å². The molecule has 41 heavy (non-hydrogen) atoms. The van der Waals surface area contributed by atoms with Crippen LogP contribution in [-0.2, 0) is 10.0 Å². The number of benzene rings is 3. The largest absolute Gasteiger partial charge is 0.495 e. The average molecular weight is 600 g/mol. The van der Waals surface area contributed by atoms with Gasteiger partial charge in [-0.2, -0.15) is 0 Å². The molecular weight excluding hydrogens is 569 g/mol. The highest BCUT2D eigenvalue weighted by Gasteiger charge is 2.23. The summed E-state index contributed by atoms with van der Waals surface area (Å²) in [5, 5.41) is 3.80. The van der Waals surface area contributed by atoms with Crippen molar-refractivity contribution in [2.45, 2.75) is 4.90 Å². The Bertz CT molecular complexity index is 1600. The Morgan fingerprint density at radius 3 is 2.37 bits per heavy atom. The topological polar surface area (TPSA) is 113 Å². The third-order valence-electron chi connectivity index (χ3n) is 6.80. The van der Waals surface area contributed by atoms with Gasteiger partial charge in [0.05, 0.1) is 30.4 Å². The summed E-state index contributed by atoms with van der Waals surface area (Å²) in [7, 11) is -0.727. The molecule has 0 unspecified atom stereocenters. The van der Waals surface area contributed by atoms with Gasteiger partial charge in [0.15, 0.2) is 5.13 Å². The van der Waals surface area contributed by atoms with Gasteiger partial charge >= 0.3 is 0 Å². The number of sulfonamides is 1. The van der Waals surface area contributed by atoms with Gasteiger partial charge in [-0.25, -0.2) is 17.8 Å². The number of amides is 1.